The Labute approximate surface area is 163 Å². The van der Waals surface area contributed by atoms with E-state index in [-0.39, 0.29) is 17.0 Å². The fraction of sp³-hybridized carbons (Fsp3) is 0.381. The molecule has 0 fully saturated rings. The van der Waals surface area contributed by atoms with Gasteiger partial charge in [0.1, 0.15) is 11.5 Å². The molecule has 0 bridgehead atoms. The first kappa shape index (κ1) is 21.3. The number of esters is 1. The molecule has 150 valence electrons. The Morgan fingerprint density at radius 2 is 1.93 bits per heavy atom. The van der Waals surface area contributed by atoms with Gasteiger partial charge in [-0.25, -0.2) is 9.18 Å². The molecule has 2 rings (SSSR count). The van der Waals surface area contributed by atoms with Crippen molar-refractivity contribution in [3.05, 3.63) is 58.2 Å². The minimum Gasteiger partial charge on any atom is -0.464 e. The molecule has 1 N–H and O–H groups in total. The molecule has 7 heteroatoms. The number of carbonyl (C=O) groups is 3. The monoisotopic (exact) mass is 388 g/mol. The van der Waals surface area contributed by atoms with Gasteiger partial charge in [-0.2, -0.15) is 0 Å². The van der Waals surface area contributed by atoms with E-state index in [0.717, 1.165) is 6.07 Å². The van der Waals surface area contributed by atoms with Crippen LogP contribution in [0.15, 0.2) is 24.3 Å². The maximum absolute atomic E-state index is 13.5. The minimum absolute atomic E-state index is 0.186. The van der Waals surface area contributed by atoms with E-state index in [2.05, 4.69) is 4.98 Å². The molecule has 1 amide bonds. The lowest BCUT2D eigenvalue weighted by atomic mass is 9.99. The highest BCUT2D eigenvalue weighted by molar-refractivity contribution is 6.07. The normalized spacial score (nSPS) is 11.8. The Morgan fingerprint density at radius 3 is 2.50 bits per heavy atom. The topological polar surface area (TPSA) is 79.5 Å². The molecule has 0 spiro atoms. The fourth-order valence-electron chi connectivity index (χ4n) is 3.28. The number of carbonyl (C=O) groups excluding carboxylic acids is 3. The molecule has 1 aromatic heterocycles. The molecule has 28 heavy (non-hydrogen) atoms. The predicted octanol–water partition coefficient (Wildman–Crippen LogP) is 3.68. The van der Waals surface area contributed by atoms with E-state index in [1.165, 1.54) is 30.2 Å². The number of benzene rings is 1. The maximum atomic E-state index is 13.5. The summed E-state index contributed by atoms with van der Waals surface area (Å²) in [5.41, 5.74) is 1.78. The second-order valence-corrected chi connectivity index (χ2v) is 6.67. The highest BCUT2D eigenvalue weighted by atomic mass is 19.1. The second kappa shape index (κ2) is 8.82. The lowest BCUT2D eigenvalue weighted by Crippen LogP contribution is -2.44. The van der Waals surface area contributed by atoms with Gasteiger partial charge in [0.25, 0.3) is 5.91 Å². The quantitative estimate of drug-likeness (QED) is 0.580. The highest BCUT2D eigenvalue weighted by Gasteiger charge is 2.31. The Balaban J connectivity index is 2.39. The molecule has 1 atom stereocenters. The predicted molar refractivity (Wildman–Crippen MR) is 103 cm³/mol. The van der Waals surface area contributed by atoms with Crippen molar-refractivity contribution < 1.29 is 23.5 Å². The Bertz CT molecular complexity index is 904. The van der Waals surface area contributed by atoms with Crippen LogP contribution in [0.1, 0.15) is 62.7 Å². The van der Waals surface area contributed by atoms with E-state index in [1.54, 1.807) is 20.8 Å². The molecular formula is C21H25FN2O4. The lowest BCUT2D eigenvalue weighted by Gasteiger charge is -2.28. The number of rotatable bonds is 7. The first-order valence-electron chi connectivity index (χ1n) is 9.11. The number of nitrogens with one attached hydrogen (secondary N) is 1. The number of halogens is 1. The molecule has 2 aromatic rings. The van der Waals surface area contributed by atoms with Gasteiger partial charge in [0.05, 0.1) is 13.2 Å². The van der Waals surface area contributed by atoms with Gasteiger partial charge in [0.15, 0.2) is 5.78 Å². The largest absolute Gasteiger partial charge is 0.464 e. The number of nitrogens with zero attached hydrogens (tertiary/aromatic N) is 1. The molecule has 1 aromatic carbocycles. The number of aromatic nitrogens is 1. The summed E-state index contributed by atoms with van der Waals surface area (Å²) in [6.45, 7) is 7.23. The van der Waals surface area contributed by atoms with Crippen LogP contribution < -0.4 is 0 Å². The average molecular weight is 388 g/mol. The number of aryl methyl sites for hydroxylation is 1. The summed E-state index contributed by atoms with van der Waals surface area (Å²) < 4.78 is 18.3. The number of methoxy groups -OCH3 is 1. The van der Waals surface area contributed by atoms with E-state index >= 15 is 0 Å². The van der Waals surface area contributed by atoms with E-state index in [9.17, 15) is 18.8 Å². The van der Waals surface area contributed by atoms with E-state index in [1.807, 2.05) is 6.92 Å². The van der Waals surface area contributed by atoms with Gasteiger partial charge in [-0.1, -0.05) is 13.0 Å². The van der Waals surface area contributed by atoms with Gasteiger partial charge in [-0.05, 0) is 51.0 Å². The summed E-state index contributed by atoms with van der Waals surface area (Å²) in [6, 6.07) is 4.62. The molecule has 0 aliphatic heterocycles. The smallest absolute Gasteiger partial charge is 0.354 e. The van der Waals surface area contributed by atoms with Crippen molar-refractivity contribution in [1.29, 1.82) is 0 Å². The number of amides is 1. The van der Waals surface area contributed by atoms with Crippen LogP contribution in [0.4, 0.5) is 4.39 Å². The van der Waals surface area contributed by atoms with Crippen LogP contribution in [0.25, 0.3) is 0 Å². The standard InChI is InChI=1S/C21H25FN2O4/c1-6-10-24(20(26)15-8-7-9-16(22)11-15)14(4)19(25)17-12(2)18(21(27)28-5)23-13(17)3/h7-9,11,14,23H,6,10H2,1-5H3. The SMILES string of the molecule is CCCN(C(=O)c1cccc(F)c1)C(C)C(=O)c1c(C)[nH]c(C(=O)OC)c1C. The van der Waals surface area contributed by atoms with Gasteiger partial charge in [0, 0.05) is 23.4 Å². The summed E-state index contributed by atoms with van der Waals surface area (Å²) in [5.74, 6) is -1.78. The average Bonchev–Trinajstić information content (AvgIpc) is 2.98. The molecular weight excluding hydrogens is 363 g/mol. The van der Waals surface area contributed by atoms with Gasteiger partial charge < -0.3 is 14.6 Å². The molecule has 0 aliphatic carbocycles. The summed E-state index contributed by atoms with van der Waals surface area (Å²) >= 11 is 0. The van der Waals surface area contributed by atoms with Crippen LogP contribution >= 0.6 is 0 Å². The minimum atomic E-state index is -0.783. The molecule has 0 aliphatic rings. The Kier molecular flexibility index (Phi) is 6.72. The van der Waals surface area contributed by atoms with E-state index in [0.29, 0.717) is 29.8 Å². The van der Waals surface area contributed by atoms with E-state index < -0.39 is 23.7 Å². The lowest BCUT2D eigenvalue weighted by molar-refractivity contribution is 0.0592. The molecule has 0 saturated carbocycles. The van der Waals surface area contributed by atoms with Crippen LogP contribution in [-0.2, 0) is 4.74 Å². The van der Waals surface area contributed by atoms with Gasteiger partial charge in [0.2, 0.25) is 0 Å². The summed E-state index contributed by atoms with van der Waals surface area (Å²) in [7, 11) is 1.27. The zero-order valence-corrected chi connectivity index (χ0v) is 16.8. The molecule has 6 nitrogen and oxygen atoms in total. The summed E-state index contributed by atoms with van der Waals surface area (Å²) in [5, 5.41) is 0. The first-order valence-corrected chi connectivity index (χ1v) is 9.11. The Morgan fingerprint density at radius 1 is 1.25 bits per heavy atom. The number of hydrogen-bond donors (Lipinski definition) is 1. The summed E-state index contributed by atoms with van der Waals surface area (Å²) in [4.78, 5) is 42.3. The third-order valence-corrected chi connectivity index (χ3v) is 4.72. The van der Waals surface area contributed by atoms with E-state index in [4.69, 9.17) is 4.74 Å². The maximum Gasteiger partial charge on any atom is 0.354 e. The summed E-state index contributed by atoms with van der Waals surface area (Å²) in [6.07, 6.45) is 0.636. The number of ether oxygens (including phenoxy) is 1. The van der Waals surface area contributed by atoms with Crippen LogP contribution in [0.5, 0.6) is 0 Å². The van der Waals surface area contributed by atoms with Crippen molar-refractivity contribution in [2.45, 2.75) is 40.2 Å². The van der Waals surface area contributed by atoms with Crippen molar-refractivity contribution in [3.63, 3.8) is 0 Å². The van der Waals surface area contributed by atoms with Crippen molar-refractivity contribution in [3.8, 4) is 0 Å². The fourth-order valence-corrected chi connectivity index (χ4v) is 3.28. The number of Topliss-reactive ketones (excluding diaryl/α,β-unsaturated/α-hetero) is 1. The Hall–Kier alpha value is -2.96. The number of hydrogen-bond acceptors (Lipinski definition) is 4. The van der Waals surface area contributed by atoms with Gasteiger partial charge >= 0.3 is 5.97 Å². The highest BCUT2D eigenvalue weighted by Crippen LogP contribution is 2.23. The second-order valence-electron chi connectivity index (χ2n) is 6.67. The van der Waals surface area contributed by atoms with Crippen molar-refractivity contribution in [2.75, 3.05) is 13.7 Å². The number of H-pyrrole nitrogens is 1. The third-order valence-electron chi connectivity index (χ3n) is 4.72. The van der Waals surface area contributed by atoms with Crippen molar-refractivity contribution >= 4 is 17.7 Å². The number of aromatic amines is 1. The zero-order valence-electron chi connectivity index (χ0n) is 16.8. The molecule has 1 unspecified atom stereocenters. The van der Waals surface area contributed by atoms with Gasteiger partial charge in [-0.15, -0.1) is 0 Å². The van der Waals surface area contributed by atoms with Crippen molar-refractivity contribution in [2.24, 2.45) is 0 Å². The molecule has 0 saturated heterocycles. The zero-order chi connectivity index (χ0) is 21.0. The van der Waals surface area contributed by atoms with Crippen molar-refractivity contribution in [1.82, 2.24) is 9.88 Å². The first-order chi connectivity index (χ1) is 13.2. The molecule has 0 radical (unpaired) electrons. The van der Waals surface area contributed by atoms with Crippen LogP contribution in [0, 0.1) is 19.7 Å². The third kappa shape index (κ3) is 4.13. The van der Waals surface area contributed by atoms with Crippen LogP contribution in [-0.4, -0.2) is 47.2 Å². The molecule has 1 heterocycles. The van der Waals surface area contributed by atoms with Crippen LogP contribution in [0.3, 0.4) is 0 Å². The number of ketones is 1. The van der Waals surface area contributed by atoms with Gasteiger partial charge in [-0.3, -0.25) is 9.59 Å². The van der Waals surface area contributed by atoms with Crippen LogP contribution in [0.2, 0.25) is 0 Å².